The Balaban J connectivity index is -0.0000000667. The monoisotopic (exact) mass is 326 g/mol. The predicted molar refractivity (Wildman–Crippen MR) is 45.7 cm³/mol. The van der Waals surface area contributed by atoms with E-state index in [1.165, 1.54) is 27.8 Å². The van der Waals surface area contributed by atoms with Gasteiger partial charge >= 0.3 is 18.6 Å². The molecule has 0 spiro atoms. The standard InChI is InChI=1S/C10H15.4ClH.V/c1-6-7(2)9(4)10(5)8(6)3;;;;;/h1-5H3;4*1H;/q-1;;;;;+4/p-4. The van der Waals surface area contributed by atoms with Crippen molar-refractivity contribution in [3.63, 3.8) is 0 Å². The zero-order chi connectivity index (χ0) is 7.89. The van der Waals surface area contributed by atoms with Gasteiger partial charge in [0.15, 0.2) is 0 Å². The van der Waals surface area contributed by atoms with E-state index in [1.807, 2.05) is 0 Å². The second-order valence-electron chi connectivity index (χ2n) is 3.12. The molecule has 0 bridgehead atoms. The molecule has 1 radical (unpaired) electrons. The van der Waals surface area contributed by atoms with Gasteiger partial charge in [0.2, 0.25) is 0 Å². The third-order valence-electron chi connectivity index (χ3n) is 2.81. The van der Waals surface area contributed by atoms with Crippen LogP contribution in [0.25, 0.3) is 0 Å². The van der Waals surface area contributed by atoms with Crippen LogP contribution in [0, 0.1) is 34.6 Å². The minimum absolute atomic E-state index is 0. The molecule has 0 nitrogen and oxygen atoms in total. The van der Waals surface area contributed by atoms with Gasteiger partial charge in [-0.25, -0.2) is 0 Å². The van der Waals surface area contributed by atoms with Gasteiger partial charge in [-0.3, -0.25) is 0 Å². The molecule has 1 aromatic rings. The van der Waals surface area contributed by atoms with E-state index >= 15 is 0 Å². The van der Waals surface area contributed by atoms with Gasteiger partial charge in [-0.15, -0.1) is 0 Å². The number of halogens is 4. The minimum atomic E-state index is 0. The summed E-state index contributed by atoms with van der Waals surface area (Å²) in [6, 6.07) is 0. The molecule has 0 saturated heterocycles. The van der Waals surface area contributed by atoms with E-state index in [0.29, 0.717) is 0 Å². The van der Waals surface area contributed by atoms with Gasteiger partial charge in [0.25, 0.3) is 0 Å². The van der Waals surface area contributed by atoms with Crippen LogP contribution < -0.4 is 49.6 Å². The van der Waals surface area contributed by atoms with Crippen molar-refractivity contribution in [2.24, 2.45) is 0 Å². The SMILES string of the molecule is Cc1c(C)c(C)[c-](C)c1C.[Cl-].[Cl-].[Cl-].[Cl-].[V+4]. The van der Waals surface area contributed by atoms with E-state index in [0.717, 1.165) is 0 Å². The van der Waals surface area contributed by atoms with Gasteiger partial charge in [0.1, 0.15) is 0 Å². The van der Waals surface area contributed by atoms with Gasteiger partial charge < -0.3 is 49.6 Å². The largest absolute Gasteiger partial charge is 4.00 e. The van der Waals surface area contributed by atoms with Crippen LogP contribution in [0.2, 0.25) is 0 Å². The molecule has 0 atom stereocenters. The van der Waals surface area contributed by atoms with Crippen molar-refractivity contribution in [1.82, 2.24) is 0 Å². The van der Waals surface area contributed by atoms with E-state index in [1.54, 1.807) is 0 Å². The summed E-state index contributed by atoms with van der Waals surface area (Å²) in [7, 11) is 0. The third-order valence-corrected chi connectivity index (χ3v) is 2.81. The Hall–Kier alpha value is 1.09. The summed E-state index contributed by atoms with van der Waals surface area (Å²) >= 11 is 0. The van der Waals surface area contributed by atoms with Gasteiger partial charge in [-0.1, -0.05) is 34.6 Å². The molecule has 0 aliphatic rings. The molecule has 1 rings (SSSR count). The van der Waals surface area contributed by atoms with E-state index in [2.05, 4.69) is 34.6 Å². The summed E-state index contributed by atoms with van der Waals surface area (Å²) in [5.74, 6) is 0. The Labute approximate surface area is 130 Å². The second-order valence-corrected chi connectivity index (χ2v) is 3.12. The third kappa shape index (κ3) is 5.82. The topological polar surface area (TPSA) is 0 Å². The molecule has 5 heteroatoms. The van der Waals surface area contributed by atoms with Crippen molar-refractivity contribution < 1.29 is 68.2 Å². The van der Waals surface area contributed by atoms with E-state index in [-0.39, 0.29) is 68.2 Å². The van der Waals surface area contributed by atoms with Crippen LogP contribution in [0.1, 0.15) is 27.8 Å². The molecule has 0 amide bonds. The minimum Gasteiger partial charge on any atom is -1.00 e. The van der Waals surface area contributed by atoms with E-state index < -0.39 is 0 Å². The van der Waals surface area contributed by atoms with Crippen LogP contribution in [0.4, 0.5) is 0 Å². The molecule has 0 heterocycles. The average molecular weight is 328 g/mol. The first-order valence-corrected chi connectivity index (χ1v) is 3.75. The van der Waals surface area contributed by atoms with Crippen LogP contribution >= 0.6 is 0 Å². The smallest absolute Gasteiger partial charge is 1.00 e. The van der Waals surface area contributed by atoms with Crippen molar-refractivity contribution in [3.8, 4) is 0 Å². The normalized spacial score (nSPS) is 7.00. The van der Waals surface area contributed by atoms with Crippen LogP contribution in [0.5, 0.6) is 0 Å². The Morgan fingerprint density at radius 1 is 0.667 bits per heavy atom. The maximum atomic E-state index is 2.20. The zero-order valence-corrected chi connectivity index (χ0v) is 13.9. The quantitative estimate of drug-likeness (QED) is 0.415. The van der Waals surface area contributed by atoms with Gasteiger partial charge in [-0.2, -0.15) is 27.8 Å². The summed E-state index contributed by atoms with van der Waals surface area (Å²) < 4.78 is 0. The zero-order valence-electron chi connectivity index (χ0n) is 9.46. The maximum Gasteiger partial charge on any atom is 4.00 e. The van der Waals surface area contributed by atoms with Crippen LogP contribution in [0.3, 0.4) is 0 Å². The number of hydrogen-bond acceptors (Lipinski definition) is 0. The second kappa shape index (κ2) is 11.6. The average Bonchev–Trinajstić information content (AvgIpc) is 2.07. The summed E-state index contributed by atoms with van der Waals surface area (Å²) in [4.78, 5) is 0. The summed E-state index contributed by atoms with van der Waals surface area (Å²) in [6.45, 7) is 11.0. The Morgan fingerprint density at radius 3 is 0.933 bits per heavy atom. The first-order valence-electron chi connectivity index (χ1n) is 3.75. The van der Waals surface area contributed by atoms with Gasteiger partial charge in [0.05, 0.1) is 0 Å². The summed E-state index contributed by atoms with van der Waals surface area (Å²) in [5, 5.41) is 0. The molecule has 0 unspecified atom stereocenters. The molecule has 0 fully saturated rings. The molecule has 89 valence electrons. The van der Waals surface area contributed by atoms with E-state index in [4.69, 9.17) is 0 Å². The van der Waals surface area contributed by atoms with Crippen molar-refractivity contribution in [2.75, 3.05) is 0 Å². The first kappa shape index (κ1) is 29.8. The van der Waals surface area contributed by atoms with Crippen molar-refractivity contribution in [1.29, 1.82) is 0 Å². The molecule has 0 aromatic heterocycles. The Bertz CT molecular complexity index is 189. The molecular formula is C10H15Cl4V-. The molecule has 15 heavy (non-hydrogen) atoms. The Kier molecular flexibility index (Phi) is 23.0. The van der Waals surface area contributed by atoms with Crippen molar-refractivity contribution >= 4 is 0 Å². The van der Waals surface area contributed by atoms with Gasteiger partial charge in [0, 0.05) is 0 Å². The number of hydrogen-bond donors (Lipinski definition) is 0. The Morgan fingerprint density at radius 2 is 0.867 bits per heavy atom. The fourth-order valence-corrected chi connectivity index (χ4v) is 1.41. The number of rotatable bonds is 0. The first-order chi connectivity index (χ1) is 4.55. The predicted octanol–water partition coefficient (Wildman–Crippen LogP) is -9.04. The van der Waals surface area contributed by atoms with E-state index in [9.17, 15) is 0 Å². The fourth-order valence-electron chi connectivity index (χ4n) is 1.41. The molecule has 0 aliphatic heterocycles. The molecule has 0 N–H and O–H groups in total. The molecule has 1 aromatic carbocycles. The summed E-state index contributed by atoms with van der Waals surface area (Å²) in [6.07, 6.45) is 0. The summed E-state index contributed by atoms with van der Waals surface area (Å²) in [5.41, 5.74) is 7.34. The maximum absolute atomic E-state index is 2.20. The molecule has 0 saturated carbocycles. The molecular weight excluding hydrogens is 313 g/mol. The van der Waals surface area contributed by atoms with Crippen LogP contribution in [-0.4, -0.2) is 0 Å². The molecule has 0 aliphatic carbocycles. The van der Waals surface area contributed by atoms with Crippen LogP contribution in [-0.2, 0) is 18.6 Å². The van der Waals surface area contributed by atoms with Crippen LogP contribution in [0.15, 0.2) is 0 Å². The van der Waals surface area contributed by atoms with Crippen molar-refractivity contribution in [3.05, 3.63) is 27.8 Å². The van der Waals surface area contributed by atoms with Gasteiger partial charge in [-0.05, 0) is 0 Å². The van der Waals surface area contributed by atoms with Crippen molar-refractivity contribution in [2.45, 2.75) is 34.6 Å². The fraction of sp³-hybridized carbons (Fsp3) is 0.500.